The molecule has 0 saturated carbocycles. The molecule has 0 aliphatic heterocycles. The number of benzene rings is 2. The Morgan fingerprint density at radius 1 is 1.17 bits per heavy atom. The average molecular weight is 416 g/mol. The zero-order valence-electron chi connectivity index (χ0n) is 15.2. The summed E-state index contributed by atoms with van der Waals surface area (Å²) >= 11 is 6.13. The number of nitrogens with zero attached hydrogens (tertiary/aromatic N) is 2. The first-order valence-corrected chi connectivity index (χ1v) is 9.16. The molecule has 0 radical (unpaired) electrons. The van der Waals surface area contributed by atoms with Crippen molar-refractivity contribution in [3.05, 3.63) is 69.5 Å². The van der Waals surface area contributed by atoms with Crippen molar-refractivity contribution in [1.29, 1.82) is 0 Å². The van der Waals surface area contributed by atoms with Gasteiger partial charge >= 0.3 is 12.0 Å². The molecule has 3 rings (SSSR count). The Labute approximate surface area is 170 Å². The number of nitrogens with two attached hydrogens (primary N) is 1. The summed E-state index contributed by atoms with van der Waals surface area (Å²) < 4.78 is 6.48. The van der Waals surface area contributed by atoms with Gasteiger partial charge in [0.05, 0.1) is 10.9 Å². The highest BCUT2D eigenvalue weighted by molar-refractivity contribution is 6.31. The fourth-order valence-electron chi connectivity index (χ4n) is 2.70. The molecule has 3 aromatic rings. The molecule has 29 heavy (non-hydrogen) atoms. The summed E-state index contributed by atoms with van der Waals surface area (Å²) in [5.74, 6) is -1.88. The van der Waals surface area contributed by atoms with E-state index in [0.29, 0.717) is 16.1 Å². The number of carbonyl (C=O) groups excluding carboxylic acids is 1. The number of hydrogen-bond acceptors (Lipinski definition) is 6. The predicted octanol–water partition coefficient (Wildman–Crippen LogP) is 2.46. The summed E-state index contributed by atoms with van der Waals surface area (Å²) in [6, 6.07) is 12.1. The molecule has 0 aliphatic rings. The van der Waals surface area contributed by atoms with Crippen LogP contribution >= 0.6 is 11.6 Å². The quantitative estimate of drug-likeness (QED) is 0.607. The molecular formula is C20H18ClN3O5. The van der Waals surface area contributed by atoms with E-state index in [0.717, 1.165) is 4.57 Å². The number of carboxylic acid groups (broad SMARTS) is 1. The molecule has 0 aliphatic carbocycles. The van der Waals surface area contributed by atoms with Gasteiger partial charge in [-0.25, -0.2) is 0 Å². The number of para-hydroxylation sites is 1. The van der Waals surface area contributed by atoms with Gasteiger partial charge in [-0.05, 0) is 24.6 Å². The van der Waals surface area contributed by atoms with Crippen LogP contribution in [0.3, 0.4) is 0 Å². The Kier molecular flexibility index (Phi) is 6.26. The van der Waals surface area contributed by atoms with E-state index in [9.17, 15) is 14.4 Å². The van der Waals surface area contributed by atoms with Crippen molar-refractivity contribution < 1.29 is 19.4 Å². The van der Waals surface area contributed by atoms with E-state index < -0.39 is 23.5 Å². The highest BCUT2D eigenvalue weighted by Crippen LogP contribution is 2.19. The van der Waals surface area contributed by atoms with Gasteiger partial charge in [0.25, 0.3) is 5.56 Å². The lowest BCUT2D eigenvalue weighted by atomic mass is 10.1. The minimum Gasteiger partial charge on any atom is -0.480 e. The number of fused-ring (bicyclic) bond motifs is 1. The van der Waals surface area contributed by atoms with Gasteiger partial charge in [-0.15, -0.1) is 0 Å². The third kappa shape index (κ3) is 4.61. The molecule has 1 atom stereocenters. The van der Waals surface area contributed by atoms with Crippen molar-refractivity contribution in [3.63, 3.8) is 0 Å². The number of aromatic nitrogens is 2. The van der Waals surface area contributed by atoms with E-state index in [-0.39, 0.29) is 30.8 Å². The molecular weight excluding hydrogens is 398 g/mol. The summed E-state index contributed by atoms with van der Waals surface area (Å²) in [5, 5.41) is 9.61. The van der Waals surface area contributed by atoms with Crippen molar-refractivity contribution in [2.45, 2.75) is 25.5 Å². The number of carbonyl (C=O) groups is 2. The molecule has 8 nitrogen and oxygen atoms in total. The van der Waals surface area contributed by atoms with E-state index in [4.69, 9.17) is 27.2 Å². The molecule has 2 aromatic carbocycles. The monoisotopic (exact) mass is 415 g/mol. The summed E-state index contributed by atoms with van der Waals surface area (Å²) in [7, 11) is 0. The Balaban J connectivity index is 1.97. The van der Waals surface area contributed by atoms with E-state index >= 15 is 0 Å². The molecule has 0 bridgehead atoms. The third-order valence-corrected chi connectivity index (χ3v) is 4.66. The zero-order valence-corrected chi connectivity index (χ0v) is 16.0. The second-order valence-corrected chi connectivity index (χ2v) is 6.72. The Hall–Kier alpha value is -3.23. The van der Waals surface area contributed by atoms with Crippen molar-refractivity contribution in [1.82, 2.24) is 9.55 Å². The van der Waals surface area contributed by atoms with Gasteiger partial charge in [0.2, 0.25) is 5.91 Å². The molecule has 0 amide bonds. The fourth-order valence-corrected chi connectivity index (χ4v) is 2.89. The van der Waals surface area contributed by atoms with Gasteiger partial charge in [-0.2, -0.15) is 9.55 Å². The summed E-state index contributed by atoms with van der Waals surface area (Å²) in [5.41, 5.74) is 5.89. The number of carboxylic acids is 1. The minimum atomic E-state index is -1.23. The molecule has 150 valence electrons. The summed E-state index contributed by atoms with van der Waals surface area (Å²) in [6.07, 6.45) is -0.382. The molecule has 1 unspecified atom stereocenters. The first kappa shape index (κ1) is 20.5. The molecule has 0 spiro atoms. The molecule has 1 heterocycles. The maximum atomic E-state index is 12.9. The van der Waals surface area contributed by atoms with E-state index in [1.165, 1.54) is 0 Å². The number of aliphatic carboxylic acids is 1. The first-order valence-electron chi connectivity index (χ1n) is 8.78. The smallest absolute Gasteiger partial charge is 0.320 e. The number of hydrogen-bond donors (Lipinski definition) is 2. The normalized spacial score (nSPS) is 11.9. The van der Waals surface area contributed by atoms with Crippen LogP contribution < -0.4 is 16.0 Å². The van der Waals surface area contributed by atoms with Crippen LogP contribution in [0.5, 0.6) is 6.01 Å². The highest BCUT2D eigenvalue weighted by atomic mass is 35.5. The van der Waals surface area contributed by atoms with Crippen LogP contribution in [-0.2, 0) is 11.4 Å². The van der Waals surface area contributed by atoms with Crippen LogP contribution in [0, 0.1) is 0 Å². The lowest BCUT2D eigenvalue weighted by molar-refractivity contribution is -0.138. The van der Waals surface area contributed by atoms with Gasteiger partial charge in [-0.3, -0.25) is 14.4 Å². The van der Waals surface area contributed by atoms with E-state index in [1.54, 1.807) is 48.5 Å². The van der Waals surface area contributed by atoms with E-state index in [2.05, 4.69) is 4.98 Å². The van der Waals surface area contributed by atoms with Crippen LogP contribution in [0.1, 0.15) is 23.2 Å². The topological polar surface area (TPSA) is 125 Å². The zero-order chi connectivity index (χ0) is 21.0. The third-order valence-electron chi connectivity index (χ3n) is 4.30. The van der Waals surface area contributed by atoms with Gasteiger partial charge in [-0.1, -0.05) is 41.9 Å². The van der Waals surface area contributed by atoms with Crippen LogP contribution in [-0.4, -0.2) is 32.6 Å². The average Bonchev–Trinajstić information content (AvgIpc) is 2.71. The van der Waals surface area contributed by atoms with Crippen LogP contribution in [0.15, 0.2) is 53.3 Å². The SMILES string of the molecule is NC(CCC(=O)n1c(OCc2ccccc2Cl)nc2ccccc2c1=O)C(=O)O. The second kappa shape index (κ2) is 8.85. The molecule has 9 heteroatoms. The standard InChI is InChI=1S/C20H18ClN3O5/c21-14-7-3-1-5-12(14)11-29-20-23-16-8-4-2-6-13(16)18(26)24(20)17(25)10-9-15(22)19(27)28/h1-8,15H,9-11,22H2,(H,27,28). The summed E-state index contributed by atoms with van der Waals surface area (Å²) in [4.78, 5) is 40.8. The maximum absolute atomic E-state index is 12.9. The summed E-state index contributed by atoms with van der Waals surface area (Å²) in [6.45, 7) is -0.00757. The van der Waals surface area contributed by atoms with Crippen LogP contribution in [0.2, 0.25) is 5.02 Å². The molecule has 0 fully saturated rings. The lowest BCUT2D eigenvalue weighted by Gasteiger charge is -2.14. The van der Waals surface area contributed by atoms with Gasteiger partial charge < -0.3 is 15.6 Å². The maximum Gasteiger partial charge on any atom is 0.320 e. The Morgan fingerprint density at radius 3 is 2.59 bits per heavy atom. The Bertz CT molecular complexity index is 1130. The van der Waals surface area contributed by atoms with Crippen LogP contribution in [0.4, 0.5) is 0 Å². The fraction of sp³-hybridized carbons (Fsp3) is 0.200. The molecule has 3 N–H and O–H groups in total. The second-order valence-electron chi connectivity index (χ2n) is 6.31. The van der Waals surface area contributed by atoms with Gasteiger partial charge in [0.1, 0.15) is 12.6 Å². The minimum absolute atomic E-state index is 0.00757. The van der Waals surface area contributed by atoms with Gasteiger partial charge in [0.15, 0.2) is 0 Å². The van der Waals surface area contributed by atoms with Crippen molar-refractivity contribution >= 4 is 34.4 Å². The highest BCUT2D eigenvalue weighted by Gasteiger charge is 2.21. The van der Waals surface area contributed by atoms with Crippen molar-refractivity contribution in [2.75, 3.05) is 0 Å². The number of halogens is 1. The lowest BCUT2D eigenvalue weighted by Crippen LogP contribution is -2.33. The molecule has 1 aromatic heterocycles. The van der Waals surface area contributed by atoms with Crippen LogP contribution in [0.25, 0.3) is 10.9 Å². The predicted molar refractivity (Wildman–Crippen MR) is 107 cm³/mol. The first-order chi connectivity index (χ1) is 13.9. The van der Waals surface area contributed by atoms with Crippen molar-refractivity contribution in [2.24, 2.45) is 5.73 Å². The molecule has 0 saturated heterocycles. The largest absolute Gasteiger partial charge is 0.480 e. The Morgan fingerprint density at radius 2 is 1.86 bits per heavy atom. The number of ether oxygens (including phenoxy) is 1. The van der Waals surface area contributed by atoms with E-state index in [1.807, 2.05) is 0 Å². The van der Waals surface area contributed by atoms with Crippen molar-refractivity contribution in [3.8, 4) is 6.01 Å². The number of rotatable bonds is 7. The van der Waals surface area contributed by atoms with Gasteiger partial charge in [0, 0.05) is 17.0 Å².